The predicted molar refractivity (Wildman–Crippen MR) is 108 cm³/mol. The Balaban J connectivity index is 1.49. The van der Waals surface area contributed by atoms with Gasteiger partial charge >= 0.3 is 6.36 Å². The molecule has 0 atom stereocenters. The third-order valence-electron chi connectivity index (χ3n) is 4.73. The smallest absolute Gasteiger partial charge is 0.406 e. The zero-order valence-corrected chi connectivity index (χ0v) is 16.9. The van der Waals surface area contributed by atoms with Gasteiger partial charge in [0, 0.05) is 44.0 Å². The first-order chi connectivity index (χ1) is 13.8. The van der Waals surface area contributed by atoms with Crippen LogP contribution in [0.25, 0.3) is 0 Å². The minimum atomic E-state index is -4.68. The largest absolute Gasteiger partial charge is 0.573 e. The number of benzene rings is 2. The van der Waals surface area contributed by atoms with Crippen LogP contribution in [0.4, 0.5) is 13.2 Å². The van der Waals surface area contributed by atoms with E-state index < -0.39 is 6.36 Å². The van der Waals surface area contributed by atoms with E-state index in [0.717, 1.165) is 24.4 Å². The zero-order chi connectivity index (χ0) is 20.9. The maximum atomic E-state index is 12.7. The van der Waals surface area contributed by atoms with Crippen molar-refractivity contribution in [3.63, 3.8) is 0 Å². The standard InChI is InChI=1S/C21H23F3N2O2S/c1-29-15-17-2-6-18(7-3-17)20(27)26-12-10-25(11-13-26)14-16-4-8-19(9-5-16)28-21(22,23)24/h2-9H,10-15H2,1H3. The van der Waals surface area contributed by atoms with Crippen molar-refractivity contribution in [1.82, 2.24) is 9.80 Å². The lowest BCUT2D eigenvalue weighted by Crippen LogP contribution is -2.48. The molecule has 0 spiro atoms. The second-order valence-corrected chi connectivity index (χ2v) is 7.76. The minimum absolute atomic E-state index is 0.0361. The molecule has 0 N–H and O–H groups in total. The first kappa shape index (κ1) is 21.5. The van der Waals surface area contributed by atoms with Crippen LogP contribution in [-0.4, -0.2) is 54.5 Å². The van der Waals surface area contributed by atoms with E-state index in [9.17, 15) is 18.0 Å². The van der Waals surface area contributed by atoms with Gasteiger partial charge in [-0.05, 0) is 41.6 Å². The number of alkyl halides is 3. The Morgan fingerprint density at radius 3 is 2.10 bits per heavy atom. The molecule has 1 aliphatic heterocycles. The Hall–Kier alpha value is -2.19. The Morgan fingerprint density at radius 2 is 1.55 bits per heavy atom. The number of halogens is 3. The van der Waals surface area contributed by atoms with Crippen LogP contribution < -0.4 is 4.74 Å². The first-order valence-corrected chi connectivity index (χ1v) is 10.7. The summed E-state index contributed by atoms with van der Waals surface area (Å²) in [6, 6.07) is 13.7. The average molecular weight is 424 g/mol. The fraction of sp³-hybridized carbons (Fsp3) is 0.381. The molecule has 1 aliphatic rings. The van der Waals surface area contributed by atoms with E-state index in [0.29, 0.717) is 25.2 Å². The lowest BCUT2D eigenvalue weighted by atomic mass is 10.1. The van der Waals surface area contributed by atoms with Crippen LogP contribution in [-0.2, 0) is 12.3 Å². The number of ether oxygens (including phenoxy) is 1. The van der Waals surface area contributed by atoms with E-state index in [4.69, 9.17) is 0 Å². The maximum Gasteiger partial charge on any atom is 0.573 e. The molecule has 0 bridgehead atoms. The Labute approximate surface area is 172 Å². The van der Waals surface area contributed by atoms with E-state index in [2.05, 4.69) is 9.64 Å². The average Bonchev–Trinajstić information content (AvgIpc) is 2.69. The van der Waals surface area contributed by atoms with Gasteiger partial charge in [-0.15, -0.1) is 13.2 Å². The summed E-state index contributed by atoms with van der Waals surface area (Å²) in [7, 11) is 0. The minimum Gasteiger partial charge on any atom is -0.406 e. The number of carbonyl (C=O) groups excluding carboxylic acids is 1. The molecule has 2 aromatic carbocycles. The van der Waals surface area contributed by atoms with E-state index >= 15 is 0 Å². The van der Waals surface area contributed by atoms with Gasteiger partial charge in [0.05, 0.1) is 0 Å². The van der Waals surface area contributed by atoms with Crippen LogP contribution >= 0.6 is 11.8 Å². The molecular formula is C21H23F3N2O2S. The molecule has 4 nitrogen and oxygen atoms in total. The first-order valence-electron chi connectivity index (χ1n) is 9.28. The molecule has 1 saturated heterocycles. The van der Waals surface area contributed by atoms with Crippen LogP contribution in [0.3, 0.4) is 0 Å². The zero-order valence-electron chi connectivity index (χ0n) is 16.1. The molecule has 0 saturated carbocycles. The molecule has 0 radical (unpaired) electrons. The number of thioether (sulfide) groups is 1. The molecule has 156 valence electrons. The van der Waals surface area contributed by atoms with E-state index in [1.54, 1.807) is 23.9 Å². The second kappa shape index (κ2) is 9.54. The van der Waals surface area contributed by atoms with Crippen molar-refractivity contribution in [1.29, 1.82) is 0 Å². The van der Waals surface area contributed by atoms with Crippen LogP contribution in [0.1, 0.15) is 21.5 Å². The van der Waals surface area contributed by atoms with Crippen LogP contribution in [0.15, 0.2) is 48.5 Å². The highest BCUT2D eigenvalue weighted by molar-refractivity contribution is 7.97. The quantitative estimate of drug-likeness (QED) is 0.688. The van der Waals surface area contributed by atoms with Crippen LogP contribution in [0.5, 0.6) is 5.75 Å². The predicted octanol–water partition coefficient (Wildman–Crippen LogP) is 4.41. The number of carbonyl (C=O) groups is 1. The number of nitrogens with zero attached hydrogens (tertiary/aromatic N) is 2. The molecule has 3 rings (SSSR count). The van der Waals surface area contributed by atoms with Crippen LogP contribution in [0, 0.1) is 0 Å². The summed E-state index contributed by atoms with van der Waals surface area (Å²) in [5.74, 6) is 0.741. The lowest BCUT2D eigenvalue weighted by molar-refractivity contribution is -0.274. The summed E-state index contributed by atoms with van der Waals surface area (Å²) in [5, 5.41) is 0. The maximum absolute atomic E-state index is 12.7. The summed E-state index contributed by atoms with van der Waals surface area (Å²) in [6.07, 6.45) is -2.64. The third-order valence-corrected chi connectivity index (χ3v) is 5.36. The molecule has 2 aromatic rings. The van der Waals surface area contributed by atoms with E-state index in [-0.39, 0.29) is 11.7 Å². The highest BCUT2D eigenvalue weighted by Crippen LogP contribution is 2.23. The molecule has 0 aliphatic carbocycles. The number of amides is 1. The van der Waals surface area contributed by atoms with Gasteiger partial charge in [-0.1, -0.05) is 24.3 Å². The monoisotopic (exact) mass is 424 g/mol. The van der Waals surface area contributed by atoms with Gasteiger partial charge in [0.1, 0.15) is 5.75 Å². The van der Waals surface area contributed by atoms with Gasteiger partial charge in [-0.3, -0.25) is 9.69 Å². The van der Waals surface area contributed by atoms with Crippen molar-refractivity contribution in [2.24, 2.45) is 0 Å². The SMILES string of the molecule is CSCc1ccc(C(=O)N2CCN(Cc3ccc(OC(F)(F)F)cc3)CC2)cc1. The highest BCUT2D eigenvalue weighted by Gasteiger charge is 2.31. The summed E-state index contributed by atoms with van der Waals surface area (Å²) in [5.41, 5.74) is 2.80. The van der Waals surface area contributed by atoms with Gasteiger partial charge in [0.2, 0.25) is 0 Å². The number of rotatable bonds is 6. The summed E-state index contributed by atoms with van der Waals surface area (Å²) in [4.78, 5) is 16.7. The molecule has 8 heteroatoms. The summed E-state index contributed by atoms with van der Waals surface area (Å²) in [6.45, 7) is 3.31. The third kappa shape index (κ3) is 6.40. The number of piperazine rings is 1. The fourth-order valence-electron chi connectivity index (χ4n) is 3.26. The summed E-state index contributed by atoms with van der Waals surface area (Å²) < 4.78 is 40.6. The van der Waals surface area contributed by atoms with Gasteiger partial charge < -0.3 is 9.64 Å². The molecule has 1 amide bonds. The highest BCUT2D eigenvalue weighted by atomic mass is 32.2. The van der Waals surface area contributed by atoms with Crippen molar-refractivity contribution in [2.75, 3.05) is 32.4 Å². The lowest BCUT2D eigenvalue weighted by Gasteiger charge is -2.34. The molecule has 29 heavy (non-hydrogen) atoms. The number of hydrogen-bond acceptors (Lipinski definition) is 4. The molecule has 1 fully saturated rings. The Bertz CT molecular complexity index is 802. The van der Waals surface area contributed by atoms with E-state index in [1.165, 1.54) is 17.7 Å². The van der Waals surface area contributed by atoms with Gasteiger partial charge in [-0.25, -0.2) is 0 Å². The van der Waals surface area contributed by atoms with Crippen molar-refractivity contribution in [3.05, 3.63) is 65.2 Å². The van der Waals surface area contributed by atoms with Gasteiger partial charge in [0.15, 0.2) is 0 Å². The molecule has 1 heterocycles. The normalized spacial score (nSPS) is 15.4. The van der Waals surface area contributed by atoms with Crippen molar-refractivity contribution in [3.8, 4) is 5.75 Å². The second-order valence-electron chi connectivity index (χ2n) is 6.89. The topological polar surface area (TPSA) is 32.8 Å². The van der Waals surface area contributed by atoms with Crippen molar-refractivity contribution >= 4 is 17.7 Å². The van der Waals surface area contributed by atoms with Crippen LogP contribution in [0.2, 0.25) is 0 Å². The van der Waals surface area contributed by atoms with Gasteiger partial charge in [0.25, 0.3) is 5.91 Å². The fourth-order valence-corrected chi connectivity index (χ4v) is 3.78. The summed E-state index contributed by atoms with van der Waals surface area (Å²) >= 11 is 1.74. The van der Waals surface area contributed by atoms with Crippen molar-refractivity contribution < 1.29 is 22.7 Å². The Kier molecular flexibility index (Phi) is 7.08. The molecule has 0 unspecified atom stereocenters. The van der Waals surface area contributed by atoms with Gasteiger partial charge in [-0.2, -0.15) is 11.8 Å². The number of hydrogen-bond donors (Lipinski definition) is 0. The molecular weight excluding hydrogens is 401 g/mol. The van der Waals surface area contributed by atoms with Crippen molar-refractivity contribution in [2.45, 2.75) is 18.7 Å². The van der Waals surface area contributed by atoms with E-state index in [1.807, 2.05) is 35.4 Å². The Morgan fingerprint density at radius 1 is 0.966 bits per heavy atom. The molecule has 0 aromatic heterocycles.